The largest absolute Gasteiger partial charge is 0.542 e. The van der Waals surface area contributed by atoms with Crippen molar-refractivity contribution in [1.82, 2.24) is 0 Å². The minimum Gasteiger partial charge on any atom is -0.542 e. The quantitative estimate of drug-likeness (QED) is 0.0676. The predicted octanol–water partition coefficient (Wildman–Crippen LogP) is 7.93. The van der Waals surface area contributed by atoms with E-state index in [-0.39, 0.29) is 64.6 Å². The minimum absolute atomic E-state index is 0. The average Bonchev–Trinajstić information content (AvgIpc) is 3.80. The number of carbonyl (C=O) groups excluding carboxylic acids is 3. The van der Waals surface area contributed by atoms with Crippen LogP contribution in [-0.4, -0.2) is 83.5 Å². The first kappa shape index (κ1) is 44.8. The number of methoxy groups -OCH3 is 2. The molecular formula is C51H51N4O8W-. The van der Waals surface area contributed by atoms with Gasteiger partial charge in [0.05, 0.1) is 37.6 Å². The maximum atomic E-state index is 14.1. The van der Waals surface area contributed by atoms with Crippen molar-refractivity contribution in [2.75, 3.05) is 61.8 Å². The van der Waals surface area contributed by atoms with Gasteiger partial charge in [-0.1, -0.05) is 36.4 Å². The zero-order valence-electron chi connectivity index (χ0n) is 36.3. The van der Waals surface area contributed by atoms with E-state index in [1.54, 1.807) is 26.4 Å². The van der Waals surface area contributed by atoms with E-state index in [1.165, 1.54) is 5.56 Å². The second-order valence-corrected chi connectivity index (χ2v) is 16.4. The first-order valence-electron chi connectivity index (χ1n) is 21.6. The van der Waals surface area contributed by atoms with Crippen LogP contribution in [0.15, 0.2) is 96.0 Å². The van der Waals surface area contributed by atoms with Crippen molar-refractivity contribution in [3.8, 4) is 17.2 Å². The van der Waals surface area contributed by atoms with Gasteiger partial charge in [-0.15, -0.1) is 6.42 Å². The zero-order chi connectivity index (χ0) is 43.5. The summed E-state index contributed by atoms with van der Waals surface area (Å²) in [5.74, 6) is 1.53. The molecule has 0 fully saturated rings. The van der Waals surface area contributed by atoms with Crippen molar-refractivity contribution in [1.29, 1.82) is 0 Å². The fourth-order valence-electron chi connectivity index (χ4n) is 9.28. The molecule has 4 aliphatic heterocycles. The third kappa shape index (κ3) is 9.09. The third-order valence-electron chi connectivity index (χ3n) is 12.4. The molecule has 0 N–H and O–H groups in total. The number of fused-ring (bicyclic) bond motifs is 8. The maximum absolute atomic E-state index is 14.1. The molecular weight excluding hydrogens is 980 g/mol. The molecule has 5 aromatic carbocycles. The van der Waals surface area contributed by atoms with Gasteiger partial charge in [0.1, 0.15) is 19.0 Å². The Hall–Kier alpha value is -5.81. The van der Waals surface area contributed by atoms with Gasteiger partial charge in [-0.3, -0.25) is 25.8 Å². The average molecular weight is 1030 g/mol. The summed E-state index contributed by atoms with van der Waals surface area (Å²) in [6, 6.07) is 29.9. The fraction of sp³-hybridized carbons (Fsp3) is 0.333. The molecule has 0 unspecified atom stereocenters. The van der Waals surface area contributed by atoms with Crippen LogP contribution in [0.25, 0.3) is 0 Å². The standard InChI is InChI=1S/C51H51N4O8.W/c1-33-21-42-36(13-14-39-25-37-9-4-6-11-45(37)54(39)50(42)57)27-47(33)62-31-34-22-35(24-40(23-34)53(15-19-59-2)16-20-61-18-8-17-56)32-63-49-29-44-43(28-48(49)60-3)51(58)55-41(30-52-44)26-38-10-5-7-12-46(38)55;/h4-7,9-12,21-24,27-30,39,41H,8,13-16,18-20,25-26,31-32H2,1-3H3;/q-1;/t39-,41+;/m1./s1. The Morgan fingerprint density at radius 1 is 0.734 bits per heavy atom. The predicted molar refractivity (Wildman–Crippen MR) is 242 cm³/mol. The van der Waals surface area contributed by atoms with E-state index in [4.69, 9.17) is 28.7 Å². The Morgan fingerprint density at radius 3 is 2.16 bits per heavy atom. The molecule has 5 aromatic rings. The van der Waals surface area contributed by atoms with Gasteiger partial charge >= 0.3 is 0 Å². The van der Waals surface area contributed by atoms with Crippen molar-refractivity contribution in [2.45, 2.75) is 64.3 Å². The van der Waals surface area contributed by atoms with Gasteiger partial charge in [-0.2, -0.15) is 0 Å². The van der Waals surface area contributed by atoms with Gasteiger partial charge in [0, 0.05) is 95.2 Å². The van der Waals surface area contributed by atoms with Gasteiger partial charge in [0.15, 0.2) is 11.5 Å². The fourth-order valence-corrected chi connectivity index (χ4v) is 9.28. The summed E-state index contributed by atoms with van der Waals surface area (Å²) < 4.78 is 30.2. The number of aliphatic imine (C=N–C) groups is 1. The van der Waals surface area contributed by atoms with Crippen molar-refractivity contribution in [3.05, 3.63) is 136 Å². The number of ether oxygens (including phenoxy) is 5. The molecule has 12 nitrogen and oxygen atoms in total. The molecule has 4 heterocycles. The van der Waals surface area contributed by atoms with Crippen molar-refractivity contribution >= 4 is 47.1 Å². The molecule has 2 amide bonds. The van der Waals surface area contributed by atoms with E-state index in [0.717, 1.165) is 75.5 Å². The van der Waals surface area contributed by atoms with Crippen LogP contribution in [0.4, 0.5) is 22.7 Å². The maximum Gasteiger partial charge on any atom is 0.261 e. The summed E-state index contributed by atoms with van der Waals surface area (Å²) in [7, 11) is 3.24. The number of hydrogen-bond donors (Lipinski definition) is 0. The zero-order valence-corrected chi connectivity index (χ0v) is 39.3. The van der Waals surface area contributed by atoms with Crippen molar-refractivity contribution in [2.24, 2.45) is 4.99 Å². The second-order valence-electron chi connectivity index (χ2n) is 16.4. The molecule has 0 saturated heterocycles. The number of nitrogens with zero attached hydrogens (tertiary/aromatic N) is 4. The van der Waals surface area contributed by atoms with E-state index in [9.17, 15) is 14.4 Å². The monoisotopic (exact) mass is 1030 g/mol. The molecule has 0 saturated carbocycles. The van der Waals surface area contributed by atoms with Crippen molar-refractivity contribution < 1.29 is 59.1 Å². The molecule has 0 aliphatic carbocycles. The van der Waals surface area contributed by atoms with Gasteiger partial charge in [0.25, 0.3) is 11.8 Å². The summed E-state index contributed by atoms with van der Waals surface area (Å²) in [5, 5.41) is 0. The van der Waals surface area contributed by atoms with Crippen LogP contribution < -0.4 is 28.9 Å². The first-order chi connectivity index (χ1) is 30.8. The first-order valence-corrected chi connectivity index (χ1v) is 21.6. The SMILES string of the molecule is COCCN(CCOCC[C-]=O)c1cc(COc2cc3c(cc2C)C(=O)N2c4ccccc4C[C@H]2CC3)cc(COc2cc3c(cc2OC)C(=O)N2c4ccccc4C[C@H]2C=N3)c1.[W]. The molecule has 4 aliphatic rings. The molecule has 0 bridgehead atoms. The van der Waals surface area contributed by atoms with E-state index >= 15 is 0 Å². The van der Waals surface area contributed by atoms with E-state index in [1.807, 2.05) is 71.7 Å². The van der Waals surface area contributed by atoms with Gasteiger partial charge in [0.2, 0.25) is 0 Å². The normalized spacial score (nSPS) is 16.6. The van der Waals surface area contributed by atoms with Gasteiger partial charge in [-0.05, 0) is 108 Å². The van der Waals surface area contributed by atoms with Crippen LogP contribution in [-0.2, 0) is 67.8 Å². The third-order valence-corrected chi connectivity index (χ3v) is 12.4. The molecule has 13 heteroatoms. The van der Waals surface area contributed by atoms with Crippen LogP contribution in [0.3, 0.4) is 0 Å². The Bertz CT molecular complexity index is 2580. The number of amides is 2. The molecule has 2 atom stereocenters. The second kappa shape index (κ2) is 19.9. The number of para-hydroxylation sites is 2. The molecule has 330 valence electrons. The summed E-state index contributed by atoms with van der Waals surface area (Å²) in [4.78, 5) is 49.6. The number of rotatable bonds is 17. The number of carbonyl (C=O) groups is 2. The summed E-state index contributed by atoms with van der Waals surface area (Å²) in [5.41, 5.74) is 10.6. The Morgan fingerprint density at radius 2 is 1.42 bits per heavy atom. The van der Waals surface area contributed by atoms with Gasteiger partial charge in [-0.25, -0.2) is 0 Å². The van der Waals surface area contributed by atoms with Crippen molar-refractivity contribution in [3.63, 3.8) is 0 Å². The number of benzene rings is 5. The van der Waals surface area contributed by atoms with Crippen LogP contribution in [0.5, 0.6) is 17.2 Å². The number of hydrogen-bond acceptors (Lipinski definition) is 10. The smallest absolute Gasteiger partial charge is 0.261 e. The van der Waals surface area contributed by atoms with Crippen LogP contribution in [0, 0.1) is 6.92 Å². The van der Waals surface area contributed by atoms with Crippen LogP contribution >= 0.6 is 0 Å². The Balaban J connectivity index is 0.00000560. The van der Waals surface area contributed by atoms with E-state index in [0.29, 0.717) is 62.1 Å². The van der Waals surface area contributed by atoms with Gasteiger partial charge < -0.3 is 38.3 Å². The molecule has 9 rings (SSSR count). The molecule has 0 aromatic heterocycles. The minimum atomic E-state index is -0.177. The number of aryl methyl sites for hydroxylation is 2. The molecule has 0 radical (unpaired) electrons. The Kier molecular flexibility index (Phi) is 13.9. The Labute approximate surface area is 388 Å². The van der Waals surface area contributed by atoms with Crippen LogP contribution in [0.1, 0.15) is 66.9 Å². The molecule has 0 spiro atoms. The topological polar surface area (TPSA) is 119 Å². The summed E-state index contributed by atoms with van der Waals surface area (Å²) in [6.45, 7) is 4.78. The summed E-state index contributed by atoms with van der Waals surface area (Å²) >= 11 is 0. The van der Waals surface area contributed by atoms with E-state index in [2.05, 4.69) is 41.3 Å². The number of anilines is 3. The summed E-state index contributed by atoms with van der Waals surface area (Å²) in [6.07, 6.45) is 7.17. The van der Waals surface area contributed by atoms with Crippen LogP contribution in [0.2, 0.25) is 0 Å². The molecule has 64 heavy (non-hydrogen) atoms. The van der Waals surface area contributed by atoms with E-state index < -0.39 is 0 Å².